The van der Waals surface area contributed by atoms with Gasteiger partial charge in [-0.3, -0.25) is 0 Å². The molecule has 1 fully saturated rings. The molecule has 2 aromatic heterocycles. The van der Waals surface area contributed by atoms with Gasteiger partial charge >= 0.3 is 0 Å². The van der Waals surface area contributed by atoms with Gasteiger partial charge in [0.15, 0.2) is 5.65 Å². The average molecular weight is 450 g/mol. The van der Waals surface area contributed by atoms with Gasteiger partial charge in [-0.25, -0.2) is 13.4 Å². The lowest BCUT2D eigenvalue weighted by Crippen LogP contribution is -2.40. The number of nitrogens with zero attached hydrogens (tertiary/aromatic N) is 4. The van der Waals surface area contributed by atoms with Gasteiger partial charge in [-0.05, 0) is 37.3 Å². The number of anilines is 2. The summed E-state index contributed by atoms with van der Waals surface area (Å²) in [5.41, 5.74) is 4.48. The Labute approximate surface area is 186 Å². The Morgan fingerprint density at radius 1 is 1.00 bits per heavy atom. The third kappa shape index (κ3) is 3.97. The number of ether oxygens (including phenoxy) is 1. The van der Waals surface area contributed by atoms with E-state index in [9.17, 15) is 8.42 Å². The van der Waals surface area contributed by atoms with Crippen molar-refractivity contribution in [2.45, 2.75) is 11.8 Å². The van der Waals surface area contributed by atoms with Crippen LogP contribution < -0.4 is 5.32 Å². The molecule has 0 saturated carbocycles. The number of nitrogens with one attached hydrogen (secondary N) is 1. The van der Waals surface area contributed by atoms with Crippen LogP contribution in [0.25, 0.3) is 16.9 Å². The van der Waals surface area contributed by atoms with Gasteiger partial charge in [0.1, 0.15) is 5.82 Å². The highest BCUT2D eigenvalue weighted by Gasteiger charge is 2.26. The normalized spacial score (nSPS) is 15.2. The minimum absolute atomic E-state index is 0.268. The van der Waals surface area contributed by atoms with Crippen LogP contribution in [-0.4, -0.2) is 53.6 Å². The molecule has 1 aliphatic rings. The summed E-state index contributed by atoms with van der Waals surface area (Å²) < 4.78 is 34.2. The Balaban J connectivity index is 1.45. The minimum atomic E-state index is -3.53. The summed E-state index contributed by atoms with van der Waals surface area (Å²) in [5, 5.41) is 7.71. The fourth-order valence-electron chi connectivity index (χ4n) is 3.75. The summed E-state index contributed by atoms with van der Waals surface area (Å²) in [6.45, 7) is 3.64. The van der Waals surface area contributed by atoms with Crippen molar-refractivity contribution in [3.05, 3.63) is 72.4 Å². The Morgan fingerprint density at radius 3 is 2.53 bits per heavy atom. The topological polar surface area (TPSA) is 88.8 Å². The minimum Gasteiger partial charge on any atom is -0.379 e. The maximum atomic E-state index is 12.9. The number of fused-ring (bicyclic) bond motifs is 1. The zero-order chi connectivity index (χ0) is 22.1. The number of aryl methyl sites for hydroxylation is 1. The second kappa shape index (κ2) is 8.34. The SMILES string of the molecule is Cc1cccc(-c2cc(Nc3ccc(S(=O)(=O)N4CCOCC4)cc3)n3nccc3n2)c1. The molecule has 0 bridgehead atoms. The molecule has 2 aromatic carbocycles. The molecule has 0 amide bonds. The second-order valence-corrected chi connectivity index (χ2v) is 9.60. The first kappa shape index (κ1) is 20.6. The molecule has 9 heteroatoms. The molecule has 8 nitrogen and oxygen atoms in total. The van der Waals surface area contributed by atoms with Crippen molar-refractivity contribution in [2.75, 3.05) is 31.6 Å². The molecule has 0 aliphatic carbocycles. The third-order valence-electron chi connectivity index (χ3n) is 5.41. The van der Waals surface area contributed by atoms with Crippen LogP contribution in [0.1, 0.15) is 5.56 Å². The fraction of sp³-hybridized carbons (Fsp3) is 0.217. The van der Waals surface area contributed by atoms with Crippen LogP contribution in [0.3, 0.4) is 0 Å². The van der Waals surface area contributed by atoms with E-state index in [0.29, 0.717) is 26.3 Å². The van der Waals surface area contributed by atoms with E-state index in [4.69, 9.17) is 9.72 Å². The van der Waals surface area contributed by atoms with Crippen LogP contribution in [0, 0.1) is 6.92 Å². The largest absolute Gasteiger partial charge is 0.379 e. The van der Waals surface area contributed by atoms with Gasteiger partial charge < -0.3 is 10.1 Å². The van der Waals surface area contributed by atoms with Crippen molar-refractivity contribution in [3.63, 3.8) is 0 Å². The van der Waals surface area contributed by atoms with Gasteiger partial charge in [0.25, 0.3) is 0 Å². The van der Waals surface area contributed by atoms with Crippen LogP contribution in [0.15, 0.2) is 71.8 Å². The number of aromatic nitrogens is 3. The third-order valence-corrected chi connectivity index (χ3v) is 7.32. The maximum absolute atomic E-state index is 12.9. The molecule has 0 atom stereocenters. The second-order valence-electron chi connectivity index (χ2n) is 7.66. The van der Waals surface area contributed by atoms with Crippen LogP contribution in [0.5, 0.6) is 0 Å². The Morgan fingerprint density at radius 2 is 1.78 bits per heavy atom. The molecule has 5 rings (SSSR count). The predicted octanol–water partition coefficient (Wildman–Crippen LogP) is 3.47. The number of sulfonamides is 1. The molecule has 1 N–H and O–H groups in total. The molecule has 1 saturated heterocycles. The number of rotatable bonds is 5. The number of morpholine rings is 1. The summed E-state index contributed by atoms with van der Waals surface area (Å²) in [6.07, 6.45) is 1.70. The van der Waals surface area contributed by atoms with Crippen LogP contribution >= 0.6 is 0 Å². The van der Waals surface area contributed by atoms with E-state index < -0.39 is 10.0 Å². The van der Waals surface area contributed by atoms with Crippen LogP contribution in [0.2, 0.25) is 0 Å². The highest BCUT2D eigenvalue weighted by molar-refractivity contribution is 7.89. The van der Waals surface area contributed by atoms with Gasteiger partial charge in [0.2, 0.25) is 10.0 Å². The summed E-state index contributed by atoms with van der Waals surface area (Å²) in [5.74, 6) is 0.736. The Bertz CT molecular complexity index is 1360. The zero-order valence-electron chi connectivity index (χ0n) is 17.6. The fourth-order valence-corrected chi connectivity index (χ4v) is 5.16. The number of benzene rings is 2. The molecule has 0 unspecified atom stereocenters. The van der Waals surface area contributed by atoms with Crippen molar-refractivity contribution < 1.29 is 13.2 Å². The quantitative estimate of drug-likeness (QED) is 0.502. The standard InChI is InChI=1S/C23H23N5O3S/c1-17-3-2-4-18(15-17)21-16-23(28-22(26-21)9-10-24-28)25-19-5-7-20(8-6-19)32(29,30)27-11-13-31-14-12-27/h2-10,15-16,25H,11-14H2,1H3. The van der Waals surface area contributed by atoms with E-state index in [1.165, 1.54) is 4.31 Å². The molecule has 3 heterocycles. The molecular formula is C23H23N5O3S. The monoisotopic (exact) mass is 449 g/mol. The van der Waals surface area contributed by atoms with Crippen molar-refractivity contribution >= 4 is 27.2 Å². The molecule has 0 spiro atoms. The van der Waals surface area contributed by atoms with Crippen LogP contribution in [0.4, 0.5) is 11.5 Å². The van der Waals surface area contributed by atoms with Gasteiger partial charge in [-0.15, -0.1) is 0 Å². The van der Waals surface area contributed by atoms with Crippen molar-refractivity contribution in [1.82, 2.24) is 18.9 Å². The highest BCUT2D eigenvalue weighted by atomic mass is 32.2. The Kier molecular flexibility index (Phi) is 5.38. The van der Waals surface area contributed by atoms with Crippen molar-refractivity contribution in [3.8, 4) is 11.3 Å². The lowest BCUT2D eigenvalue weighted by molar-refractivity contribution is 0.0730. The van der Waals surface area contributed by atoms with Gasteiger partial charge in [-0.1, -0.05) is 23.8 Å². The van der Waals surface area contributed by atoms with E-state index >= 15 is 0 Å². The lowest BCUT2D eigenvalue weighted by atomic mass is 10.1. The van der Waals surface area contributed by atoms with Gasteiger partial charge in [0, 0.05) is 36.5 Å². The molecule has 164 valence electrons. The van der Waals surface area contributed by atoms with Gasteiger partial charge in [0.05, 0.1) is 30.0 Å². The smallest absolute Gasteiger partial charge is 0.243 e. The number of hydrogen-bond acceptors (Lipinski definition) is 6. The summed E-state index contributed by atoms with van der Waals surface area (Å²) in [6, 6.07) is 18.7. The zero-order valence-corrected chi connectivity index (χ0v) is 18.4. The first-order chi connectivity index (χ1) is 15.5. The molecule has 4 aromatic rings. The van der Waals surface area contributed by atoms with E-state index in [0.717, 1.165) is 34.0 Å². The van der Waals surface area contributed by atoms with Crippen molar-refractivity contribution in [1.29, 1.82) is 0 Å². The first-order valence-corrected chi connectivity index (χ1v) is 11.8. The molecule has 0 radical (unpaired) electrons. The van der Waals surface area contributed by atoms with Gasteiger partial charge in [-0.2, -0.15) is 13.9 Å². The van der Waals surface area contributed by atoms with E-state index in [1.807, 2.05) is 37.3 Å². The molecule has 32 heavy (non-hydrogen) atoms. The summed E-state index contributed by atoms with van der Waals surface area (Å²) in [4.78, 5) is 4.98. The van der Waals surface area contributed by atoms with E-state index in [-0.39, 0.29) is 4.90 Å². The number of hydrogen-bond donors (Lipinski definition) is 1. The van der Waals surface area contributed by atoms with Crippen molar-refractivity contribution in [2.24, 2.45) is 0 Å². The first-order valence-electron chi connectivity index (χ1n) is 10.4. The summed E-state index contributed by atoms with van der Waals surface area (Å²) in [7, 11) is -3.53. The maximum Gasteiger partial charge on any atom is 0.243 e. The highest BCUT2D eigenvalue weighted by Crippen LogP contribution is 2.26. The lowest BCUT2D eigenvalue weighted by Gasteiger charge is -2.26. The average Bonchev–Trinajstić information content (AvgIpc) is 3.29. The summed E-state index contributed by atoms with van der Waals surface area (Å²) >= 11 is 0. The van der Waals surface area contributed by atoms with Crippen LogP contribution in [-0.2, 0) is 14.8 Å². The molecule has 1 aliphatic heterocycles. The van der Waals surface area contributed by atoms with E-state index in [1.54, 1.807) is 35.0 Å². The molecular weight excluding hydrogens is 426 g/mol. The van der Waals surface area contributed by atoms with E-state index in [2.05, 4.69) is 16.5 Å². The Hall–Kier alpha value is -3.27. The predicted molar refractivity (Wildman–Crippen MR) is 122 cm³/mol.